The summed E-state index contributed by atoms with van der Waals surface area (Å²) in [6.45, 7) is 3.20. The number of nitrogens with one attached hydrogen (secondary N) is 2. The maximum absolute atomic E-state index is 12.2. The van der Waals surface area contributed by atoms with Gasteiger partial charge in [0, 0.05) is 0 Å². The number of benzene rings is 1. The molecule has 0 saturated heterocycles. The van der Waals surface area contributed by atoms with Gasteiger partial charge in [0.05, 0.1) is 10.5 Å². The smallest absolute Gasteiger partial charge is 0.335 e. The monoisotopic (exact) mass is 296 g/mol. The van der Waals surface area contributed by atoms with E-state index in [0.717, 1.165) is 6.07 Å². The number of hydrogen-bond acceptors (Lipinski definition) is 5. The van der Waals surface area contributed by atoms with E-state index >= 15 is 0 Å². The van der Waals surface area contributed by atoms with Crippen LogP contribution in [-0.4, -0.2) is 34.7 Å². The van der Waals surface area contributed by atoms with Crippen LogP contribution in [0.3, 0.4) is 0 Å². The first-order chi connectivity index (χ1) is 9.29. The second kappa shape index (κ2) is 4.93. The van der Waals surface area contributed by atoms with Crippen LogP contribution < -0.4 is 4.72 Å². The molecule has 0 aliphatic heterocycles. The molecule has 2 rings (SSSR count). The van der Waals surface area contributed by atoms with Crippen molar-refractivity contribution in [1.29, 1.82) is 0 Å². The number of carbonyl (C=O) groups is 1. The summed E-state index contributed by atoms with van der Waals surface area (Å²) in [5.74, 6) is -0.837. The van der Waals surface area contributed by atoms with E-state index in [1.165, 1.54) is 12.1 Å². The predicted molar refractivity (Wildman–Crippen MR) is 70.1 cm³/mol. The average molecular weight is 296 g/mol. The first-order valence-electron chi connectivity index (χ1n) is 5.55. The lowest BCUT2D eigenvalue weighted by Crippen LogP contribution is -2.16. The van der Waals surface area contributed by atoms with Gasteiger partial charge in [-0.25, -0.2) is 17.9 Å². The SMILES string of the molecule is Cc1nc(NS(=O)(=O)c2cc(C(=O)O)ccc2C)n[nH]1. The highest BCUT2D eigenvalue weighted by Crippen LogP contribution is 2.19. The molecule has 0 saturated carbocycles. The van der Waals surface area contributed by atoms with Gasteiger partial charge in [-0.05, 0) is 31.5 Å². The predicted octanol–water partition coefficient (Wildman–Crippen LogP) is 0.921. The van der Waals surface area contributed by atoms with E-state index in [1.807, 2.05) is 0 Å². The quantitative estimate of drug-likeness (QED) is 0.770. The maximum atomic E-state index is 12.2. The zero-order valence-corrected chi connectivity index (χ0v) is 11.5. The molecular weight excluding hydrogens is 284 g/mol. The molecule has 20 heavy (non-hydrogen) atoms. The lowest BCUT2D eigenvalue weighted by Gasteiger charge is -2.08. The van der Waals surface area contributed by atoms with Gasteiger partial charge in [-0.1, -0.05) is 6.07 Å². The van der Waals surface area contributed by atoms with E-state index in [-0.39, 0.29) is 16.4 Å². The number of aromatic carboxylic acids is 1. The zero-order valence-electron chi connectivity index (χ0n) is 10.7. The number of aromatic nitrogens is 3. The van der Waals surface area contributed by atoms with Crippen LogP contribution in [0.2, 0.25) is 0 Å². The Labute approximate surface area is 114 Å². The zero-order chi connectivity index (χ0) is 14.9. The summed E-state index contributed by atoms with van der Waals surface area (Å²) < 4.78 is 26.6. The molecule has 106 valence electrons. The molecule has 0 amide bonds. The van der Waals surface area contributed by atoms with Gasteiger partial charge in [0.25, 0.3) is 16.0 Å². The standard InChI is InChI=1S/C11H12N4O4S/c1-6-3-4-8(10(16)17)5-9(6)20(18,19)15-11-12-7(2)13-14-11/h3-5H,1-2H3,(H,16,17)(H2,12,13,14,15). The summed E-state index contributed by atoms with van der Waals surface area (Å²) in [7, 11) is -3.95. The first kappa shape index (κ1) is 14.0. The number of hydrogen-bond donors (Lipinski definition) is 3. The lowest BCUT2D eigenvalue weighted by molar-refractivity contribution is 0.0696. The van der Waals surface area contributed by atoms with Gasteiger partial charge >= 0.3 is 5.97 Å². The summed E-state index contributed by atoms with van der Waals surface area (Å²) >= 11 is 0. The van der Waals surface area contributed by atoms with E-state index < -0.39 is 16.0 Å². The van der Waals surface area contributed by atoms with E-state index in [9.17, 15) is 13.2 Å². The summed E-state index contributed by atoms with van der Waals surface area (Å²) in [6.07, 6.45) is 0. The highest BCUT2D eigenvalue weighted by molar-refractivity contribution is 7.92. The molecule has 0 aliphatic rings. The molecule has 1 aromatic carbocycles. The Balaban J connectivity index is 2.43. The Hall–Kier alpha value is -2.42. The van der Waals surface area contributed by atoms with Crippen LogP contribution in [0, 0.1) is 13.8 Å². The van der Waals surface area contributed by atoms with Crippen LogP contribution in [0.4, 0.5) is 5.95 Å². The molecule has 0 fully saturated rings. The highest BCUT2D eigenvalue weighted by Gasteiger charge is 2.20. The van der Waals surface area contributed by atoms with Gasteiger partial charge in [-0.2, -0.15) is 4.98 Å². The van der Waals surface area contributed by atoms with Gasteiger partial charge in [0.15, 0.2) is 0 Å². The number of carboxylic acid groups (broad SMARTS) is 1. The minimum absolute atomic E-state index is 0.0948. The third-order valence-corrected chi connectivity index (χ3v) is 4.02. The van der Waals surface area contributed by atoms with E-state index in [4.69, 9.17) is 5.11 Å². The molecule has 8 nitrogen and oxygen atoms in total. The minimum Gasteiger partial charge on any atom is -0.478 e. The molecule has 9 heteroatoms. The van der Waals surface area contributed by atoms with E-state index in [1.54, 1.807) is 13.8 Å². The Morgan fingerprint density at radius 2 is 2.05 bits per heavy atom. The van der Waals surface area contributed by atoms with Gasteiger partial charge in [-0.3, -0.25) is 5.10 Å². The first-order valence-corrected chi connectivity index (χ1v) is 7.03. The fourth-order valence-electron chi connectivity index (χ4n) is 1.59. The number of aromatic amines is 1. The molecule has 0 aliphatic carbocycles. The second-order valence-corrected chi connectivity index (χ2v) is 5.79. The Morgan fingerprint density at radius 1 is 1.35 bits per heavy atom. The molecule has 2 aromatic rings. The molecule has 0 spiro atoms. The number of nitrogens with zero attached hydrogens (tertiary/aromatic N) is 2. The van der Waals surface area contributed by atoms with Crippen molar-refractivity contribution >= 4 is 21.9 Å². The van der Waals surface area contributed by atoms with Crippen molar-refractivity contribution in [3.63, 3.8) is 0 Å². The van der Waals surface area contributed by atoms with Crippen molar-refractivity contribution < 1.29 is 18.3 Å². The van der Waals surface area contributed by atoms with Gasteiger partial charge in [-0.15, -0.1) is 5.10 Å². The van der Waals surface area contributed by atoms with Gasteiger partial charge < -0.3 is 5.11 Å². The molecule has 0 bridgehead atoms. The topological polar surface area (TPSA) is 125 Å². The summed E-state index contributed by atoms with van der Waals surface area (Å²) in [5.41, 5.74) is 0.317. The van der Waals surface area contributed by atoms with Crippen LogP contribution in [0.15, 0.2) is 23.1 Å². The minimum atomic E-state index is -3.95. The summed E-state index contributed by atoms with van der Waals surface area (Å²) in [6, 6.07) is 3.87. The number of sulfonamides is 1. The maximum Gasteiger partial charge on any atom is 0.335 e. The number of carboxylic acids is 1. The Bertz CT molecular complexity index is 766. The van der Waals surface area contributed by atoms with Crippen molar-refractivity contribution in [3.8, 4) is 0 Å². The summed E-state index contributed by atoms with van der Waals surface area (Å²) in [4.78, 5) is 14.6. The van der Waals surface area contributed by atoms with E-state index in [2.05, 4.69) is 19.9 Å². The fourth-order valence-corrected chi connectivity index (χ4v) is 2.80. The van der Waals surface area contributed by atoms with Crippen LogP contribution >= 0.6 is 0 Å². The van der Waals surface area contributed by atoms with Crippen LogP contribution in [-0.2, 0) is 10.0 Å². The van der Waals surface area contributed by atoms with Crippen molar-refractivity contribution in [3.05, 3.63) is 35.2 Å². The molecular formula is C11H12N4O4S. The third-order valence-electron chi connectivity index (χ3n) is 2.55. The van der Waals surface area contributed by atoms with Crippen molar-refractivity contribution in [2.75, 3.05) is 4.72 Å². The lowest BCUT2D eigenvalue weighted by atomic mass is 10.1. The number of H-pyrrole nitrogens is 1. The van der Waals surface area contributed by atoms with Crippen molar-refractivity contribution in [2.45, 2.75) is 18.7 Å². The van der Waals surface area contributed by atoms with Crippen molar-refractivity contribution in [1.82, 2.24) is 15.2 Å². The fraction of sp³-hybridized carbons (Fsp3) is 0.182. The van der Waals surface area contributed by atoms with Crippen LogP contribution in [0.5, 0.6) is 0 Å². The molecule has 0 atom stereocenters. The highest BCUT2D eigenvalue weighted by atomic mass is 32.2. The van der Waals surface area contributed by atoms with Crippen LogP contribution in [0.25, 0.3) is 0 Å². The normalized spacial score (nSPS) is 11.3. The third kappa shape index (κ3) is 2.77. The average Bonchev–Trinajstić information content (AvgIpc) is 2.73. The molecule has 3 N–H and O–H groups in total. The Morgan fingerprint density at radius 3 is 2.60 bits per heavy atom. The van der Waals surface area contributed by atoms with E-state index in [0.29, 0.717) is 11.4 Å². The Kier molecular flexibility index (Phi) is 3.45. The molecule has 1 heterocycles. The number of anilines is 1. The second-order valence-electron chi connectivity index (χ2n) is 4.14. The molecule has 0 unspecified atom stereocenters. The van der Waals surface area contributed by atoms with Gasteiger partial charge in [0.1, 0.15) is 5.82 Å². The van der Waals surface area contributed by atoms with Crippen LogP contribution in [0.1, 0.15) is 21.7 Å². The molecule has 0 radical (unpaired) electrons. The summed E-state index contributed by atoms with van der Waals surface area (Å²) in [5, 5.41) is 15.1. The number of aryl methyl sites for hydroxylation is 2. The van der Waals surface area contributed by atoms with Crippen molar-refractivity contribution in [2.24, 2.45) is 0 Å². The number of rotatable bonds is 4. The van der Waals surface area contributed by atoms with Gasteiger partial charge in [0.2, 0.25) is 0 Å². The largest absolute Gasteiger partial charge is 0.478 e. The molecule has 1 aromatic heterocycles.